The zero-order chi connectivity index (χ0) is 35.6. The molecule has 1 heterocycles. The molecule has 0 radical (unpaired) electrons. The first-order chi connectivity index (χ1) is 23.1. The van der Waals surface area contributed by atoms with Crippen LogP contribution in [0.15, 0.2) is 53.5 Å². The van der Waals surface area contributed by atoms with Crippen molar-refractivity contribution in [2.45, 2.75) is 127 Å². The minimum absolute atomic E-state index is 0.0439. The zero-order valence-corrected chi connectivity index (χ0v) is 38.2. The highest BCUT2D eigenvalue weighted by molar-refractivity contribution is 15.0. The number of halogens is 5. The molecule has 1 spiro atoms. The molecule has 266 valence electrons. The van der Waals surface area contributed by atoms with E-state index >= 15 is 0 Å². The van der Waals surface area contributed by atoms with E-state index in [-0.39, 0.29) is 17.7 Å². The number of nitrogens with two attached hydrogens (primary N) is 1. The second kappa shape index (κ2) is 23.5. The summed E-state index contributed by atoms with van der Waals surface area (Å²) >= 11 is 12.2. The molecule has 0 bridgehead atoms. The third kappa shape index (κ3) is 13.8. The van der Waals surface area contributed by atoms with Crippen LogP contribution in [0.5, 0.6) is 0 Å². The lowest BCUT2D eigenvalue weighted by molar-refractivity contribution is -0.131. The Morgan fingerprint density at radius 1 is 0.854 bits per heavy atom. The Kier molecular flexibility index (Phi) is 21.6. The lowest BCUT2D eigenvalue weighted by Crippen LogP contribution is -2.55. The highest BCUT2D eigenvalue weighted by Crippen LogP contribution is 2.40. The highest BCUT2D eigenvalue weighted by atomic mass is 128. The van der Waals surface area contributed by atoms with E-state index in [2.05, 4.69) is 159 Å². The van der Waals surface area contributed by atoms with Crippen LogP contribution in [-0.2, 0) is 26.3 Å². The summed E-state index contributed by atoms with van der Waals surface area (Å²) in [7, 11) is 0. The van der Waals surface area contributed by atoms with Crippen LogP contribution in [0.4, 0.5) is 0 Å². The zero-order valence-electron chi connectivity index (χ0n) is 28.0. The Hall–Kier alpha value is -0.0800. The number of primary amides is 1. The van der Waals surface area contributed by atoms with E-state index in [1.165, 1.54) is 18.3 Å². The number of hydrogen-bond donors (Lipinski definition) is 2. The van der Waals surface area contributed by atoms with Crippen molar-refractivity contribution in [1.29, 1.82) is 0 Å². The fourth-order valence-corrected chi connectivity index (χ4v) is 7.22. The van der Waals surface area contributed by atoms with Crippen molar-refractivity contribution in [3.05, 3.63) is 66.8 Å². The van der Waals surface area contributed by atoms with Crippen LogP contribution >= 0.6 is 98.3 Å². The second-order valence-electron chi connectivity index (χ2n) is 12.5. The number of nitrogens with one attached hydrogen (secondary N) is 1. The fourth-order valence-electron chi connectivity index (χ4n) is 6.12. The quantitative estimate of drug-likeness (QED) is 0.173. The van der Waals surface area contributed by atoms with E-state index in [4.69, 9.17) is 10.7 Å². The van der Waals surface area contributed by atoms with Crippen LogP contribution in [-0.4, -0.2) is 39.5 Å². The van der Waals surface area contributed by atoms with Crippen molar-refractivity contribution in [2.75, 3.05) is 0 Å². The Bertz CT molecular complexity index is 1310. The van der Waals surface area contributed by atoms with Gasteiger partial charge in [-0.15, -0.1) is 0 Å². The number of amides is 3. The van der Waals surface area contributed by atoms with Crippen molar-refractivity contribution >= 4 is 122 Å². The van der Waals surface area contributed by atoms with Gasteiger partial charge < -0.3 is 11.1 Å². The number of carbonyl (C=O) groups excluding carboxylic acids is 3. The van der Waals surface area contributed by atoms with Gasteiger partial charge >= 0.3 is 0 Å². The molecular formula is C36H49BrI4N4O3. The Labute approximate surface area is 346 Å². The lowest BCUT2D eigenvalue weighted by Gasteiger charge is -2.26. The van der Waals surface area contributed by atoms with Gasteiger partial charge in [-0.2, -0.15) is 0 Å². The summed E-state index contributed by atoms with van der Waals surface area (Å²) in [6.07, 6.45) is 13.0. The molecule has 12 heteroatoms. The Morgan fingerprint density at radius 2 is 1.35 bits per heavy atom. The molecule has 48 heavy (non-hydrogen) atoms. The predicted molar refractivity (Wildman–Crippen MR) is 236 cm³/mol. The molecule has 3 amide bonds. The lowest BCUT2D eigenvalue weighted by atomic mass is 9.96. The van der Waals surface area contributed by atoms with Gasteiger partial charge in [0.25, 0.3) is 5.91 Å². The van der Waals surface area contributed by atoms with E-state index in [0.29, 0.717) is 25.8 Å². The maximum absolute atomic E-state index is 13.0. The van der Waals surface area contributed by atoms with Crippen molar-refractivity contribution in [1.82, 2.24) is 10.2 Å². The van der Waals surface area contributed by atoms with Gasteiger partial charge in [-0.3, -0.25) is 24.3 Å². The summed E-state index contributed by atoms with van der Waals surface area (Å²) in [6, 6.07) is 16.9. The molecule has 0 unspecified atom stereocenters. The summed E-state index contributed by atoms with van der Waals surface area (Å²) in [5.74, 6) is 0.837. The number of rotatable bonds is 11. The second-order valence-corrected chi connectivity index (χ2v) is 15.5. The minimum Gasteiger partial charge on any atom is -0.368 e. The molecule has 3 aliphatic rings. The van der Waals surface area contributed by atoms with Gasteiger partial charge in [-0.25, -0.2) is 0 Å². The highest BCUT2D eigenvalue weighted by Gasteiger charge is 2.49. The molecule has 7 nitrogen and oxygen atoms in total. The van der Waals surface area contributed by atoms with Gasteiger partial charge in [-0.1, -0.05) is 92.6 Å². The number of aliphatic imine (C=N–C) groups is 1. The van der Waals surface area contributed by atoms with Gasteiger partial charge in [0.05, 0.1) is 6.54 Å². The number of unbranched alkanes of at least 4 members (excludes halogenated alkanes) is 2. The predicted octanol–water partition coefficient (Wildman–Crippen LogP) is 10.6. The number of hydrogen-bond acceptors (Lipinski definition) is 4. The number of benzene rings is 2. The summed E-state index contributed by atoms with van der Waals surface area (Å²) in [5, 5.41) is 3.76. The van der Waals surface area contributed by atoms with E-state index in [0.717, 1.165) is 81.8 Å². The smallest absolute Gasteiger partial charge is 0.256 e. The van der Waals surface area contributed by atoms with Gasteiger partial charge in [0, 0.05) is 62.5 Å². The molecule has 2 saturated carbocycles. The van der Waals surface area contributed by atoms with E-state index in [1.807, 2.05) is 11.8 Å². The monoisotopic (exact) mass is 1170 g/mol. The first-order valence-electron chi connectivity index (χ1n) is 16.8. The number of carbonyl (C=O) groups is 3. The van der Waals surface area contributed by atoms with Crippen LogP contribution < -0.4 is 11.1 Å². The summed E-state index contributed by atoms with van der Waals surface area (Å²) in [5.41, 5.74) is 6.72. The summed E-state index contributed by atoms with van der Waals surface area (Å²) in [6.45, 7) is 4.89. The molecule has 0 atom stereocenters. The topological polar surface area (TPSA) is 105 Å². The van der Waals surface area contributed by atoms with Crippen LogP contribution in [0.1, 0.15) is 115 Å². The number of alkyl halides is 1. The fraction of sp³-hybridized carbons (Fsp3) is 0.556. The third-order valence-corrected chi connectivity index (χ3v) is 11.0. The first kappa shape index (κ1) is 44.1. The molecule has 0 aromatic heterocycles. The van der Waals surface area contributed by atoms with Crippen molar-refractivity contribution in [2.24, 2.45) is 10.7 Å². The first-order valence-corrected chi connectivity index (χ1v) is 26.3. The molecule has 5 rings (SSSR count). The molecule has 3 N–H and O–H groups in total. The number of amidine groups is 1. The maximum atomic E-state index is 13.0. The van der Waals surface area contributed by atoms with Crippen molar-refractivity contribution < 1.29 is 14.4 Å². The Morgan fingerprint density at radius 3 is 1.83 bits per heavy atom. The molecular weight excluding hydrogens is 1120 g/mol. The molecule has 0 saturated heterocycles. The van der Waals surface area contributed by atoms with Crippen LogP contribution in [0.3, 0.4) is 0 Å². The van der Waals surface area contributed by atoms with E-state index in [1.54, 1.807) is 0 Å². The van der Waals surface area contributed by atoms with Gasteiger partial charge in [-0.05, 0) is 119 Å². The van der Waals surface area contributed by atoms with Crippen molar-refractivity contribution in [3.63, 3.8) is 0 Å². The Balaban J connectivity index is 0.000000266. The molecule has 1 aliphatic heterocycles. The normalized spacial score (nSPS) is 16.9. The summed E-state index contributed by atoms with van der Waals surface area (Å²) in [4.78, 5) is 42.8. The van der Waals surface area contributed by atoms with Crippen LogP contribution in [0.2, 0.25) is 0 Å². The van der Waals surface area contributed by atoms with Gasteiger partial charge in [0.15, 0.2) is 0 Å². The number of nitrogens with zero attached hydrogens (tertiary/aromatic N) is 2. The van der Waals surface area contributed by atoms with Gasteiger partial charge in [0.2, 0.25) is 11.8 Å². The van der Waals surface area contributed by atoms with E-state index < -0.39 is 11.1 Å². The summed E-state index contributed by atoms with van der Waals surface area (Å²) < 4.78 is 2.51. The standard InChI is InChI=1S/C18H23IN2O.C11H20N2O2.C7H6BrI.I2/c1-2-3-6-16-20-18(11-4-5-12-18)17(22)21(16)13-14-7-9-15(19)10-8-14;1-2-3-6-9(14)13-11(10(12)15)7-4-5-8-11;8-5-6-1-3-7(9)4-2-6;1-2/h7-10H,2-6,11-13H2,1H3;2-8H2,1H3,(H2,12,15)(H,13,14);1-4H,5H2;. The van der Waals surface area contributed by atoms with Gasteiger partial charge in [0.1, 0.15) is 16.9 Å². The molecule has 2 aromatic rings. The molecule has 2 fully saturated rings. The maximum Gasteiger partial charge on any atom is 0.256 e. The minimum atomic E-state index is -0.745. The largest absolute Gasteiger partial charge is 0.368 e. The van der Waals surface area contributed by atoms with Crippen LogP contribution in [0.25, 0.3) is 0 Å². The van der Waals surface area contributed by atoms with Crippen molar-refractivity contribution in [3.8, 4) is 0 Å². The van der Waals surface area contributed by atoms with E-state index in [9.17, 15) is 14.4 Å². The average molecular weight is 1170 g/mol. The average Bonchev–Trinajstić information content (AvgIpc) is 3.83. The van der Waals surface area contributed by atoms with Crippen LogP contribution in [0, 0.1) is 7.14 Å². The molecule has 2 aromatic carbocycles. The third-order valence-electron chi connectivity index (χ3n) is 8.87. The SMILES string of the molecule is BrCc1ccc(I)cc1.CCCCC(=O)NC1(C(N)=O)CCCC1.CCCCC1=NC2(CCCC2)C(=O)N1Cc1ccc(I)cc1.II. The molecule has 2 aliphatic carbocycles.